The van der Waals surface area contributed by atoms with Crippen LogP contribution in [-0.4, -0.2) is 0 Å². The van der Waals surface area contributed by atoms with E-state index >= 15 is 0 Å². The third kappa shape index (κ3) is 2.30. The zero-order chi connectivity index (χ0) is 16.7. The summed E-state index contributed by atoms with van der Waals surface area (Å²) in [7, 11) is 0. The normalized spacial score (nSPS) is 15.5. The monoisotopic (exact) mass is 330 g/mol. The number of allylic oxidation sites excluding steroid dienone is 1. The second kappa shape index (κ2) is 5.65. The topological polar surface area (TPSA) is 0 Å². The van der Waals surface area contributed by atoms with Crippen LogP contribution >= 0.6 is 11.6 Å². The van der Waals surface area contributed by atoms with Gasteiger partial charge < -0.3 is 0 Å². The number of hydrogen-bond donors (Lipinski definition) is 0. The van der Waals surface area contributed by atoms with Crippen molar-refractivity contribution in [3.8, 4) is 0 Å². The summed E-state index contributed by atoms with van der Waals surface area (Å²) in [6, 6.07) is 27.6. The van der Waals surface area contributed by atoms with Crippen LogP contribution < -0.4 is 0 Å². The standard InChI is InChI=1S/C23H19Cl/c1-23(2)20-11-7-6-10-19(20)21(16-12-14-18(24)15-13-16)22(23)17-8-4-3-5-9-17/h3-15H,1-2H3. The molecular weight excluding hydrogens is 312 g/mol. The number of halogens is 1. The summed E-state index contributed by atoms with van der Waals surface area (Å²) < 4.78 is 0. The zero-order valence-electron chi connectivity index (χ0n) is 13.9. The van der Waals surface area contributed by atoms with Crippen molar-refractivity contribution < 1.29 is 0 Å². The highest BCUT2D eigenvalue weighted by molar-refractivity contribution is 6.30. The van der Waals surface area contributed by atoms with Gasteiger partial charge in [0.1, 0.15) is 0 Å². The molecule has 0 spiro atoms. The predicted molar refractivity (Wildman–Crippen MR) is 103 cm³/mol. The fraction of sp³-hybridized carbons (Fsp3) is 0.130. The van der Waals surface area contributed by atoms with Crippen molar-refractivity contribution in [2.45, 2.75) is 19.3 Å². The third-order valence-corrected chi connectivity index (χ3v) is 5.19. The number of hydrogen-bond acceptors (Lipinski definition) is 0. The summed E-state index contributed by atoms with van der Waals surface area (Å²) in [6.07, 6.45) is 0. The Morgan fingerprint density at radius 2 is 1.29 bits per heavy atom. The Morgan fingerprint density at radius 1 is 0.667 bits per heavy atom. The summed E-state index contributed by atoms with van der Waals surface area (Å²) in [4.78, 5) is 0. The van der Waals surface area contributed by atoms with Crippen LogP contribution in [0.4, 0.5) is 0 Å². The summed E-state index contributed by atoms with van der Waals surface area (Å²) in [6.45, 7) is 4.63. The maximum absolute atomic E-state index is 6.11. The molecular formula is C23H19Cl. The summed E-state index contributed by atoms with van der Waals surface area (Å²) in [5.41, 5.74) is 7.87. The average molecular weight is 331 g/mol. The van der Waals surface area contributed by atoms with Crippen molar-refractivity contribution in [1.29, 1.82) is 0 Å². The molecule has 0 heterocycles. The van der Waals surface area contributed by atoms with Gasteiger partial charge in [-0.05, 0) is 45.5 Å². The van der Waals surface area contributed by atoms with Crippen LogP contribution in [0, 0.1) is 0 Å². The van der Waals surface area contributed by atoms with Gasteiger partial charge in [-0.1, -0.05) is 92.2 Å². The van der Waals surface area contributed by atoms with Crippen molar-refractivity contribution >= 4 is 22.7 Å². The lowest BCUT2D eigenvalue weighted by molar-refractivity contribution is 0.704. The lowest BCUT2D eigenvalue weighted by Gasteiger charge is -2.25. The lowest BCUT2D eigenvalue weighted by Crippen LogP contribution is -2.16. The SMILES string of the molecule is CC1(C)C(c2ccccc2)=C(c2ccc(Cl)cc2)c2ccccc21. The number of rotatable bonds is 2. The highest BCUT2D eigenvalue weighted by Crippen LogP contribution is 2.52. The number of fused-ring (bicyclic) bond motifs is 1. The molecule has 0 radical (unpaired) electrons. The Kier molecular flexibility index (Phi) is 3.58. The van der Waals surface area contributed by atoms with Gasteiger partial charge >= 0.3 is 0 Å². The molecule has 3 aromatic rings. The molecule has 0 atom stereocenters. The highest BCUT2D eigenvalue weighted by atomic mass is 35.5. The molecule has 0 aromatic heterocycles. The molecule has 1 heteroatoms. The molecule has 0 fully saturated rings. The fourth-order valence-corrected chi connectivity index (χ4v) is 3.98. The quantitative estimate of drug-likeness (QED) is 0.497. The van der Waals surface area contributed by atoms with Crippen LogP contribution in [0.3, 0.4) is 0 Å². The fourth-order valence-electron chi connectivity index (χ4n) is 3.85. The lowest BCUT2D eigenvalue weighted by atomic mass is 9.78. The third-order valence-electron chi connectivity index (χ3n) is 4.94. The second-order valence-corrected chi connectivity index (χ2v) is 7.23. The van der Waals surface area contributed by atoms with Crippen LogP contribution in [0.5, 0.6) is 0 Å². The van der Waals surface area contributed by atoms with Gasteiger partial charge in [-0.3, -0.25) is 0 Å². The average Bonchev–Trinajstić information content (AvgIpc) is 2.84. The van der Waals surface area contributed by atoms with Crippen molar-refractivity contribution in [2.75, 3.05) is 0 Å². The van der Waals surface area contributed by atoms with Crippen molar-refractivity contribution in [3.63, 3.8) is 0 Å². The Hall–Kier alpha value is -2.31. The van der Waals surface area contributed by atoms with Gasteiger partial charge in [0.15, 0.2) is 0 Å². The Balaban J connectivity index is 2.06. The maximum Gasteiger partial charge on any atom is 0.0406 e. The van der Waals surface area contributed by atoms with Crippen LogP contribution in [0.25, 0.3) is 11.1 Å². The van der Waals surface area contributed by atoms with Gasteiger partial charge in [-0.2, -0.15) is 0 Å². The molecule has 4 rings (SSSR count). The van der Waals surface area contributed by atoms with Gasteiger partial charge in [0.05, 0.1) is 0 Å². The minimum Gasteiger partial charge on any atom is -0.0843 e. The summed E-state index contributed by atoms with van der Waals surface area (Å²) in [5, 5.41) is 0.770. The molecule has 1 aliphatic carbocycles. The van der Waals surface area contributed by atoms with Crippen LogP contribution in [0.1, 0.15) is 36.1 Å². The molecule has 0 N–H and O–H groups in total. The molecule has 0 bridgehead atoms. The molecule has 0 saturated carbocycles. The molecule has 0 nitrogen and oxygen atoms in total. The predicted octanol–water partition coefficient (Wildman–Crippen LogP) is 6.59. The first-order valence-corrected chi connectivity index (χ1v) is 8.63. The van der Waals surface area contributed by atoms with Crippen molar-refractivity contribution in [2.24, 2.45) is 0 Å². The van der Waals surface area contributed by atoms with E-state index in [1.54, 1.807) is 0 Å². The molecule has 1 aliphatic rings. The molecule has 24 heavy (non-hydrogen) atoms. The first-order chi connectivity index (χ1) is 11.6. The Labute approximate surface area is 148 Å². The van der Waals surface area contributed by atoms with E-state index in [-0.39, 0.29) is 5.41 Å². The zero-order valence-corrected chi connectivity index (χ0v) is 14.6. The summed E-state index contributed by atoms with van der Waals surface area (Å²) in [5.74, 6) is 0. The first-order valence-electron chi connectivity index (χ1n) is 8.25. The molecule has 0 unspecified atom stereocenters. The van der Waals surface area contributed by atoms with Gasteiger partial charge in [0.25, 0.3) is 0 Å². The minimum absolute atomic E-state index is 0.0348. The van der Waals surface area contributed by atoms with Crippen LogP contribution in [-0.2, 0) is 5.41 Å². The van der Waals surface area contributed by atoms with E-state index in [1.807, 2.05) is 12.1 Å². The van der Waals surface area contributed by atoms with E-state index in [4.69, 9.17) is 11.6 Å². The van der Waals surface area contributed by atoms with Crippen molar-refractivity contribution in [3.05, 3.63) is 106 Å². The van der Waals surface area contributed by atoms with Gasteiger partial charge in [-0.15, -0.1) is 0 Å². The molecule has 3 aromatic carbocycles. The Bertz CT molecular complexity index is 916. The minimum atomic E-state index is -0.0348. The van der Waals surface area contributed by atoms with E-state index in [2.05, 4.69) is 80.6 Å². The van der Waals surface area contributed by atoms with E-state index in [1.165, 1.54) is 33.4 Å². The van der Waals surface area contributed by atoms with E-state index in [0.717, 1.165) is 5.02 Å². The number of benzene rings is 3. The molecule has 0 aliphatic heterocycles. The molecule has 0 amide bonds. The summed E-state index contributed by atoms with van der Waals surface area (Å²) >= 11 is 6.11. The maximum atomic E-state index is 6.11. The highest BCUT2D eigenvalue weighted by Gasteiger charge is 2.38. The molecule has 0 saturated heterocycles. The van der Waals surface area contributed by atoms with Gasteiger partial charge in [0.2, 0.25) is 0 Å². The van der Waals surface area contributed by atoms with Crippen molar-refractivity contribution in [1.82, 2.24) is 0 Å². The van der Waals surface area contributed by atoms with Crippen LogP contribution in [0.15, 0.2) is 78.9 Å². The Morgan fingerprint density at radius 3 is 2.00 bits per heavy atom. The molecule has 118 valence electrons. The van der Waals surface area contributed by atoms with E-state index in [9.17, 15) is 0 Å². The van der Waals surface area contributed by atoms with E-state index < -0.39 is 0 Å². The van der Waals surface area contributed by atoms with Crippen LogP contribution in [0.2, 0.25) is 5.02 Å². The largest absolute Gasteiger partial charge is 0.0843 e. The second-order valence-electron chi connectivity index (χ2n) is 6.79. The van der Waals surface area contributed by atoms with E-state index in [0.29, 0.717) is 0 Å². The van der Waals surface area contributed by atoms with Gasteiger partial charge in [-0.25, -0.2) is 0 Å². The van der Waals surface area contributed by atoms with Gasteiger partial charge in [0, 0.05) is 10.4 Å². The smallest absolute Gasteiger partial charge is 0.0406 e. The first kappa shape index (κ1) is 15.2.